The fourth-order valence-electron chi connectivity index (χ4n) is 1.66. The molecular weight excluding hydrogens is 271 g/mol. The number of pyridine rings is 1. The molecule has 2 N–H and O–H groups in total. The molecule has 0 bridgehead atoms. The average Bonchev–Trinajstić information content (AvgIpc) is 3.18. The van der Waals surface area contributed by atoms with Crippen molar-refractivity contribution in [2.24, 2.45) is 0 Å². The van der Waals surface area contributed by atoms with Crippen LogP contribution < -0.4 is 10.6 Å². The first kappa shape index (κ1) is 14.6. The van der Waals surface area contributed by atoms with Crippen LogP contribution in [0.4, 0.5) is 19.0 Å². The molecule has 0 atom stereocenters. The van der Waals surface area contributed by atoms with E-state index < -0.39 is 11.7 Å². The van der Waals surface area contributed by atoms with Crippen LogP contribution in [-0.4, -0.2) is 23.5 Å². The highest BCUT2D eigenvalue weighted by molar-refractivity contribution is 5.76. The normalized spacial score (nSPS) is 14.9. The van der Waals surface area contributed by atoms with Crippen LogP contribution in [0.5, 0.6) is 0 Å². The molecule has 1 fully saturated rings. The highest BCUT2D eigenvalue weighted by atomic mass is 19.4. The molecule has 110 valence electrons. The quantitative estimate of drug-likeness (QED) is 0.791. The zero-order valence-electron chi connectivity index (χ0n) is 10.8. The summed E-state index contributed by atoms with van der Waals surface area (Å²) in [5.41, 5.74) is -0.771. The number of halogens is 3. The number of anilines is 1. The van der Waals surface area contributed by atoms with Crippen molar-refractivity contribution in [2.45, 2.75) is 37.9 Å². The molecule has 1 heterocycles. The lowest BCUT2D eigenvalue weighted by molar-refractivity contribution is -0.137. The lowest BCUT2D eigenvalue weighted by atomic mass is 10.2. The number of aromatic nitrogens is 1. The summed E-state index contributed by atoms with van der Waals surface area (Å²) in [7, 11) is 0. The first-order valence-corrected chi connectivity index (χ1v) is 6.51. The Hall–Kier alpha value is -1.79. The van der Waals surface area contributed by atoms with Gasteiger partial charge in [-0.15, -0.1) is 0 Å². The molecule has 0 aliphatic heterocycles. The minimum Gasteiger partial charge on any atom is -0.370 e. The number of rotatable bonds is 6. The summed E-state index contributed by atoms with van der Waals surface area (Å²) in [5, 5.41) is 5.76. The molecule has 1 aliphatic carbocycles. The molecule has 0 radical (unpaired) electrons. The molecule has 1 saturated carbocycles. The maximum Gasteiger partial charge on any atom is 0.417 e. The maximum atomic E-state index is 12.3. The van der Waals surface area contributed by atoms with Crippen LogP contribution in [0.15, 0.2) is 18.3 Å². The number of nitrogens with one attached hydrogen (secondary N) is 2. The highest BCUT2D eigenvalue weighted by Gasteiger charge is 2.30. The molecule has 0 aromatic carbocycles. The van der Waals surface area contributed by atoms with Crippen molar-refractivity contribution in [3.63, 3.8) is 0 Å². The zero-order chi connectivity index (χ0) is 14.6. The topological polar surface area (TPSA) is 54.0 Å². The Bertz CT molecular complexity index is 455. The van der Waals surface area contributed by atoms with Gasteiger partial charge in [-0.2, -0.15) is 13.2 Å². The number of nitrogens with zero attached hydrogens (tertiary/aromatic N) is 1. The monoisotopic (exact) mass is 287 g/mol. The summed E-state index contributed by atoms with van der Waals surface area (Å²) in [4.78, 5) is 15.1. The Morgan fingerprint density at radius 2 is 2.10 bits per heavy atom. The van der Waals surface area contributed by atoms with E-state index in [-0.39, 0.29) is 5.91 Å². The number of alkyl halides is 3. The van der Waals surface area contributed by atoms with E-state index in [1.807, 2.05) is 0 Å². The van der Waals surface area contributed by atoms with Crippen LogP contribution >= 0.6 is 0 Å². The maximum absolute atomic E-state index is 12.3. The van der Waals surface area contributed by atoms with Gasteiger partial charge >= 0.3 is 6.18 Å². The smallest absolute Gasteiger partial charge is 0.370 e. The molecule has 1 aliphatic rings. The average molecular weight is 287 g/mol. The number of hydrogen-bond acceptors (Lipinski definition) is 3. The lowest BCUT2D eigenvalue weighted by Gasteiger charge is -2.08. The predicted molar refractivity (Wildman–Crippen MR) is 68.1 cm³/mol. The van der Waals surface area contributed by atoms with Crippen LogP contribution in [0, 0.1) is 0 Å². The van der Waals surface area contributed by atoms with Gasteiger partial charge in [0.05, 0.1) is 5.56 Å². The number of carbonyl (C=O) groups is 1. The summed E-state index contributed by atoms with van der Waals surface area (Å²) in [6.07, 6.45) is -0.446. The van der Waals surface area contributed by atoms with Gasteiger partial charge in [0.1, 0.15) is 5.82 Å². The second-order valence-corrected chi connectivity index (χ2v) is 4.80. The summed E-state index contributed by atoms with van der Waals surface area (Å²) in [6, 6.07) is 2.62. The third kappa shape index (κ3) is 4.71. The van der Waals surface area contributed by atoms with Crippen molar-refractivity contribution < 1.29 is 18.0 Å². The van der Waals surface area contributed by atoms with Crippen molar-refractivity contribution in [1.82, 2.24) is 10.3 Å². The number of amides is 1. The lowest BCUT2D eigenvalue weighted by Crippen LogP contribution is -2.25. The first-order valence-electron chi connectivity index (χ1n) is 6.51. The Morgan fingerprint density at radius 3 is 2.65 bits per heavy atom. The summed E-state index contributed by atoms with van der Waals surface area (Å²) in [5.74, 6) is 0.398. The Balaban J connectivity index is 1.67. The van der Waals surface area contributed by atoms with Crippen LogP contribution in [0.3, 0.4) is 0 Å². The SMILES string of the molecule is O=C(CCCNc1ccc(C(F)(F)F)cn1)NC1CC1. The van der Waals surface area contributed by atoms with E-state index >= 15 is 0 Å². The van der Waals surface area contributed by atoms with Gasteiger partial charge in [0.2, 0.25) is 5.91 Å². The largest absolute Gasteiger partial charge is 0.417 e. The molecule has 1 aromatic heterocycles. The Kier molecular flexibility index (Phi) is 4.46. The van der Waals surface area contributed by atoms with Gasteiger partial charge in [0, 0.05) is 25.2 Å². The van der Waals surface area contributed by atoms with E-state index in [9.17, 15) is 18.0 Å². The van der Waals surface area contributed by atoms with Gasteiger partial charge in [-0.1, -0.05) is 0 Å². The van der Waals surface area contributed by atoms with E-state index in [1.54, 1.807) is 0 Å². The van der Waals surface area contributed by atoms with E-state index in [1.165, 1.54) is 6.07 Å². The second-order valence-electron chi connectivity index (χ2n) is 4.80. The number of hydrogen-bond donors (Lipinski definition) is 2. The van der Waals surface area contributed by atoms with Crippen LogP contribution in [0.25, 0.3) is 0 Å². The van der Waals surface area contributed by atoms with Crippen molar-refractivity contribution in [1.29, 1.82) is 0 Å². The summed E-state index contributed by atoms with van der Waals surface area (Å²) in [6.45, 7) is 0.496. The standard InChI is InChI=1S/C13H16F3N3O/c14-13(15,16)9-3-6-11(18-8-9)17-7-1-2-12(20)19-10-4-5-10/h3,6,8,10H,1-2,4-5,7H2,(H,17,18)(H,19,20). The van der Waals surface area contributed by atoms with Crippen LogP contribution in [0.2, 0.25) is 0 Å². The van der Waals surface area contributed by atoms with Crippen molar-refractivity contribution in [3.05, 3.63) is 23.9 Å². The van der Waals surface area contributed by atoms with Crippen molar-refractivity contribution in [3.8, 4) is 0 Å². The Morgan fingerprint density at radius 1 is 1.35 bits per heavy atom. The minimum absolute atomic E-state index is 0.0229. The molecule has 1 aromatic rings. The van der Waals surface area contributed by atoms with Crippen molar-refractivity contribution in [2.75, 3.05) is 11.9 Å². The minimum atomic E-state index is -4.37. The van der Waals surface area contributed by atoms with Gasteiger partial charge in [-0.05, 0) is 31.4 Å². The van der Waals surface area contributed by atoms with Gasteiger partial charge in [0.25, 0.3) is 0 Å². The second kappa shape index (κ2) is 6.11. The molecule has 4 nitrogen and oxygen atoms in total. The third-order valence-electron chi connectivity index (χ3n) is 2.92. The third-order valence-corrected chi connectivity index (χ3v) is 2.92. The van der Waals surface area contributed by atoms with Crippen LogP contribution in [-0.2, 0) is 11.0 Å². The van der Waals surface area contributed by atoms with Gasteiger partial charge in [-0.3, -0.25) is 4.79 Å². The zero-order valence-corrected chi connectivity index (χ0v) is 10.8. The predicted octanol–water partition coefficient (Wildman–Crippen LogP) is 2.57. The van der Waals surface area contributed by atoms with E-state index in [2.05, 4.69) is 15.6 Å². The van der Waals surface area contributed by atoms with Crippen molar-refractivity contribution >= 4 is 11.7 Å². The van der Waals surface area contributed by atoms with E-state index in [4.69, 9.17) is 0 Å². The van der Waals surface area contributed by atoms with E-state index in [0.29, 0.717) is 31.2 Å². The molecular formula is C13H16F3N3O. The van der Waals surface area contributed by atoms with E-state index in [0.717, 1.165) is 25.1 Å². The Labute approximate surface area is 114 Å². The fraction of sp³-hybridized carbons (Fsp3) is 0.538. The fourth-order valence-corrected chi connectivity index (χ4v) is 1.66. The molecule has 0 saturated heterocycles. The first-order chi connectivity index (χ1) is 9.45. The highest BCUT2D eigenvalue weighted by Crippen LogP contribution is 2.28. The molecule has 0 spiro atoms. The number of carbonyl (C=O) groups excluding carboxylic acids is 1. The molecule has 0 unspecified atom stereocenters. The summed E-state index contributed by atoms with van der Waals surface area (Å²) >= 11 is 0. The van der Waals surface area contributed by atoms with Crippen LogP contribution in [0.1, 0.15) is 31.2 Å². The summed E-state index contributed by atoms with van der Waals surface area (Å²) < 4.78 is 37.0. The molecule has 7 heteroatoms. The molecule has 1 amide bonds. The molecule has 2 rings (SSSR count). The van der Waals surface area contributed by atoms with Gasteiger partial charge < -0.3 is 10.6 Å². The van der Waals surface area contributed by atoms with Gasteiger partial charge in [-0.25, -0.2) is 4.98 Å². The van der Waals surface area contributed by atoms with Gasteiger partial charge in [0.15, 0.2) is 0 Å². The molecule has 20 heavy (non-hydrogen) atoms.